The lowest BCUT2D eigenvalue weighted by Crippen LogP contribution is -2.64. The van der Waals surface area contributed by atoms with E-state index in [1.165, 1.54) is 0 Å². The minimum absolute atomic E-state index is 0.183. The lowest BCUT2D eigenvalue weighted by Gasteiger charge is -2.49. The standard InChI is InChI=1S/C25H26BrNO4/c1-16-14-24(17-9-7-6-8-10-17,22(29)31-23(2,3)4)25(30-15-16)19-13-18(26)11-12-20(19)27(5)21(25)28/h6-13H,1,14-15H2,2-5H3/t24-,25-/m0/s1. The van der Waals surface area contributed by atoms with Crippen molar-refractivity contribution in [2.45, 2.75) is 43.8 Å². The van der Waals surface area contributed by atoms with Crippen LogP contribution in [0.4, 0.5) is 5.69 Å². The van der Waals surface area contributed by atoms with Crippen LogP contribution in [0.5, 0.6) is 0 Å². The van der Waals surface area contributed by atoms with Crippen LogP contribution in [0.1, 0.15) is 38.3 Å². The van der Waals surface area contributed by atoms with E-state index >= 15 is 0 Å². The molecule has 162 valence electrons. The zero-order chi connectivity index (χ0) is 22.6. The lowest BCUT2D eigenvalue weighted by molar-refractivity contribution is -0.191. The number of nitrogens with zero attached hydrogens (tertiary/aromatic N) is 1. The number of ether oxygens (including phenoxy) is 2. The first-order valence-electron chi connectivity index (χ1n) is 10.2. The second-order valence-corrected chi connectivity index (χ2v) is 10.1. The van der Waals surface area contributed by atoms with Crippen molar-refractivity contribution in [1.29, 1.82) is 0 Å². The number of esters is 1. The molecule has 2 atom stereocenters. The Morgan fingerprint density at radius 3 is 2.52 bits per heavy atom. The highest BCUT2D eigenvalue weighted by Crippen LogP contribution is 2.59. The molecule has 0 aromatic heterocycles. The number of likely N-dealkylation sites (N-methyl/N-ethyl adjacent to an activating group) is 1. The van der Waals surface area contributed by atoms with Crippen molar-refractivity contribution in [3.63, 3.8) is 0 Å². The third-order valence-corrected chi connectivity index (χ3v) is 6.42. The van der Waals surface area contributed by atoms with Gasteiger partial charge in [-0.15, -0.1) is 0 Å². The molecule has 6 heteroatoms. The maximum atomic E-state index is 14.1. The van der Waals surface area contributed by atoms with Crippen LogP contribution in [0.15, 0.2) is 65.2 Å². The smallest absolute Gasteiger partial charge is 0.321 e. The van der Waals surface area contributed by atoms with Gasteiger partial charge in [0, 0.05) is 17.1 Å². The van der Waals surface area contributed by atoms with Crippen molar-refractivity contribution in [3.05, 3.63) is 76.3 Å². The first-order chi connectivity index (χ1) is 14.5. The number of carbonyl (C=O) groups is 2. The summed E-state index contributed by atoms with van der Waals surface area (Å²) in [5, 5.41) is 0. The van der Waals surface area contributed by atoms with Crippen LogP contribution in [0.3, 0.4) is 0 Å². The summed E-state index contributed by atoms with van der Waals surface area (Å²) in [7, 11) is 1.71. The molecule has 1 saturated heterocycles. The second-order valence-electron chi connectivity index (χ2n) is 9.20. The van der Waals surface area contributed by atoms with Crippen LogP contribution in [0.2, 0.25) is 0 Å². The zero-order valence-corrected chi connectivity index (χ0v) is 19.8. The molecule has 2 aliphatic rings. The van der Waals surface area contributed by atoms with Gasteiger partial charge in [0.25, 0.3) is 5.91 Å². The molecule has 2 aliphatic heterocycles. The summed E-state index contributed by atoms with van der Waals surface area (Å²) in [5.74, 6) is -0.788. The molecule has 2 heterocycles. The van der Waals surface area contributed by atoms with Gasteiger partial charge in [0.1, 0.15) is 11.0 Å². The van der Waals surface area contributed by atoms with Gasteiger partial charge in [0.05, 0.1) is 12.3 Å². The molecular formula is C25H26BrNO4. The predicted octanol–water partition coefficient (Wildman–Crippen LogP) is 4.88. The molecule has 4 rings (SSSR count). The molecule has 2 aromatic rings. The number of fused-ring (bicyclic) bond motifs is 2. The van der Waals surface area contributed by atoms with Gasteiger partial charge in [-0.1, -0.05) is 58.4 Å². The van der Waals surface area contributed by atoms with E-state index in [1.807, 2.05) is 69.3 Å². The normalized spacial score (nSPS) is 25.6. The summed E-state index contributed by atoms with van der Waals surface area (Å²) in [6, 6.07) is 14.9. The van der Waals surface area contributed by atoms with E-state index < -0.39 is 22.6 Å². The fourth-order valence-electron chi connectivity index (χ4n) is 4.71. The van der Waals surface area contributed by atoms with E-state index in [0.717, 1.165) is 10.0 Å². The number of hydrogen-bond donors (Lipinski definition) is 0. The minimum atomic E-state index is -1.56. The third kappa shape index (κ3) is 3.15. The first-order valence-corrected chi connectivity index (χ1v) is 11.0. The Labute approximate surface area is 191 Å². The number of amides is 1. The highest BCUT2D eigenvalue weighted by Gasteiger charge is 2.70. The van der Waals surface area contributed by atoms with Crippen molar-refractivity contribution in [1.82, 2.24) is 0 Å². The van der Waals surface area contributed by atoms with E-state index in [0.29, 0.717) is 16.8 Å². The predicted molar refractivity (Wildman–Crippen MR) is 123 cm³/mol. The molecule has 0 N–H and O–H groups in total. The Morgan fingerprint density at radius 1 is 1.19 bits per heavy atom. The fourth-order valence-corrected chi connectivity index (χ4v) is 5.07. The highest BCUT2D eigenvalue weighted by molar-refractivity contribution is 9.10. The van der Waals surface area contributed by atoms with Gasteiger partial charge in [-0.05, 0) is 51.0 Å². The lowest BCUT2D eigenvalue weighted by atomic mass is 9.60. The topological polar surface area (TPSA) is 55.8 Å². The quantitative estimate of drug-likeness (QED) is 0.451. The second kappa shape index (κ2) is 7.31. The SMILES string of the molecule is C=C1CO[C@@]2(C(=O)N(C)c3ccc(Br)cc32)[C@](C(=O)OC(C)(C)C)(c2ccccc2)C1. The molecule has 1 amide bonds. The van der Waals surface area contributed by atoms with E-state index in [4.69, 9.17) is 9.47 Å². The van der Waals surface area contributed by atoms with Gasteiger partial charge in [0.15, 0.2) is 5.60 Å². The van der Waals surface area contributed by atoms with Crippen LogP contribution < -0.4 is 4.90 Å². The Morgan fingerprint density at radius 2 is 1.87 bits per heavy atom. The van der Waals surface area contributed by atoms with Crippen molar-refractivity contribution in [3.8, 4) is 0 Å². The molecule has 1 fully saturated rings. The third-order valence-electron chi connectivity index (χ3n) is 5.93. The minimum Gasteiger partial charge on any atom is -0.459 e. The number of hydrogen-bond acceptors (Lipinski definition) is 4. The molecule has 5 nitrogen and oxygen atoms in total. The number of carbonyl (C=O) groups excluding carboxylic acids is 2. The van der Waals surface area contributed by atoms with E-state index in [9.17, 15) is 9.59 Å². The Balaban J connectivity index is 2.09. The number of halogens is 1. The van der Waals surface area contributed by atoms with Crippen LogP contribution in [-0.4, -0.2) is 31.1 Å². The summed E-state index contributed by atoms with van der Waals surface area (Å²) in [5.41, 5.74) is -0.966. The fraction of sp³-hybridized carbons (Fsp3) is 0.360. The van der Waals surface area contributed by atoms with E-state index in [1.54, 1.807) is 11.9 Å². The number of benzene rings is 2. The Bertz CT molecular complexity index is 1070. The van der Waals surface area contributed by atoms with Crippen LogP contribution in [-0.2, 0) is 30.1 Å². The van der Waals surface area contributed by atoms with Gasteiger partial charge in [-0.25, -0.2) is 0 Å². The molecule has 2 aromatic carbocycles. The van der Waals surface area contributed by atoms with Gasteiger partial charge < -0.3 is 14.4 Å². The van der Waals surface area contributed by atoms with E-state index in [2.05, 4.69) is 22.5 Å². The van der Waals surface area contributed by atoms with Crippen LogP contribution in [0, 0.1) is 0 Å². The summed E-state index contributed by atoms with van der Waals surface area (Å²) in [6.07, 6.45) is 0.247. The Hall–Kier alpha value is -2.44. The van der Waals surface area contributed by atoms with Gasteiger partial charge >= 0.3 is 5.97 Å². The average molecular weight is 484 g/mol. The summed E-state index contributed by atoms with van der Waals surface area (Å²) in [4.78, 5) is 29.6. The van der Waals surface area contributed by atoms with Gasteiger partial charge in [-0.3, -0.25) is 9.59 Å². The van der Waals surface area contributed by atoms with E-state index in [-0.39, 0.29) is 18.9 Å². The molecule has 0 aliphatic carbocycles. The van der Waals surface area contributed by atoms with Crippen molar-refractivity contribution in [2.24, 2.45) is 0 Å². The average Bonchev–Trinajstić information content (AvgIpc) is 2.91. The summed E-state index contributed by atoms with van der Waals surface area (Å²) < 4.78 is 13.2. The number of rotatable bonds is 2. The first kappa shape index (κ1) is 21.8. The van der Waals surface area contributed by atoms with Crippen molar-refractivity contribution >= 4 is 33.5 Å². The Kier molecular flexibility index (Phi) is 5.14. The molecular weight excluding hydrogens is 458 g/mol. The molecule has 0 radical (unpaired) electrons. The van der Waals surface area contributed by atoms with Crippen LogP contribution in [0.25, 0.3) is 0 Å². The van der Waals surface area contributed by atoms with Gasteiger partial charge in [0.2, 0.25) is 0 Å². The molecule has 1 spiro atoms. The molecule has 0 saturated carbocycles. The summed E-state index contributed by atoms with van der Waals surface area (Å²) >= 11 is 3.53. The van der Waals surface area contributed by atoms with Crippen molar-refractivity contribution < 1.29 is 19.1 Å². The molecule has 0 bridgehead atoms. The zero-order valence-electron chi connectivity index (χ0n) is 18.2. The van der Waals surface area contributed by atoms with Crippen molar-refractivity contribution in [2.75, 3.05) is 18.6 Å². The molecule has 0 unspecified atom stereocenters. The van der Waals surface area contributed by atoms with Gasteiger partial charge in [-0.2, -0.15) is 0 Å². The highest BCUT2D eigenvalue weighted by atomic mass is 79.9. The maximum absolute atomic E-state index is 14.1. The van der Waals surface area contributed by atoms with Crippen LogP contribution >= 0.6 is 15.9 Å². The largest absolute Gasteiger partial charge is 0.459 e. The number of anilines is 1. The monoisotopic (exact) mass is 483 g/mol. The molecule has 31 heavy (non-hydrogen) atoms. The maximum Gasteiger partial charge on any atom is 0.321 e. The summed E-state index contributed by atoms with van der Waals surface area (Å²) in [6.45, 7) is 9.77.